The first-order valence-corrected chi connectivity index (χ1v) is 7.22. The number of nitro groups is 2. The molecule has 0 radical (unpaired) electrons. The minimum Gasteiger partial charge on any atom is -0.309 e. The van der Waals surface area contributed by atoms with E-state index in [1.807, 2.05) is 0 Å². The van der Waals surface area contributed by atoms with Crippen LogP contribution in [-0.2, 0) is 6.54 Å². The molecule has 1 aliphatic rings. The highest BCUT2D eigenvalue weighted by atomic mass is 16.6. The second kappa shape index (κ2) is 7.52. The Balaban J connectivity index is 2.14. The molecular formula is C13H16N6O4. The second-order valence-electron chi connectivity index (χ2n) is 5.37. The van der Waals surface area contributed by atoms with Crippen LogP contribution in [0.1, 0.15) is 31.2 Å². The van der Waals surface area contributed by atoms with Crippen molar-refractivity contribution >= 4 is 11.4 Å². The molecule has 122 valence electrons. The number of nitrogens with zero attached hydrogens (tertiary/aromatic N) is 5. The number of non-ortho nitro benzene ring substituents is 1. The fraction of sp³-hybridized carbons (Fsp3) is 0.538. The molecule has 23 heavy (non-hydrogen) atoms. The number of azide groups is 1. The standard InChI is InChI=1S/C13H16N6O4/c14-17-16-12-4-2-1-3-11(12)15-8-9-5-6-10(18(20)21)7-13(9)19(22)23/h5-7,11-12,15H,1-4,8H2/t11-,12-/m1/s1. The van der Waals surface area contributed by atoms with Crippen LogP contribution in [-0.4, -0.2) is 21.9 Å². The predicted octanol–water partition coefficient (Wildman–Crippen LogP) is 3.21. The zero-order valence-corrected chi connectivity index (χ0v) is 12.3. The maximum absolute atomic E-state index is 11.1. The molecule has 0 amide bonds. The highest BCUT2D eigenvalue weighted by Crippen LogP contribution is 2.26. The van der Waals surface area contributed by atoms with Crippen LogP contribution in [0.25, 0.3) is 10.4 Å². The minimum atomic E-state index is -0.664. The van der Waals surface area contributed by atoms with E-state index in [1.165, 1.54) is 12.1 Å². The van der Waals surface area contributed by atoms with E-state index < -0.39 is 9.85 Å². The smallest absolute Gasteiger partial charge is 0.280 e. The Bertz CT molecular complexity index is 658. The van der Waals surface area contributed by atoms with Crippen molar-refractivity contribution < 1.29 is 9.85 Å². The number of benzene rings is 1. The molecule has 1 aliphatic carbocycles. The van der Waals surface area contributed by atoms with E-state index in [9.17, 15) is 20.2 Å². The Morgan fingerprint density at radius 2 is 2.00 bits per heavy atom. The zero-order valence-electron chi connectivity index (χ0n) is 12.3. The second-order valence-corrected chi connectivity index (χ2v) is 5.37. The number of hydrogen-bond donors (Lipinski definition) is 1. The highest BCUT2D eigenvalue weighted by molar-refractivity contribution is 5.49. The summed E-state index contributed by atoms with van der Waals surface area (Å²) < 4.78 is 0. The monoisotopic (exact) mass is 320 g/mol. The fourth-order valence-electron chi connectivity index (χ4n) is 2.78. The average molecular weight is 320 g/mol. The predicted molar refractivity (Wildman–Crippen MR) is 81.8 cm³/mol. The van der Waals surface area contributed by atoms with E-state index in [2.05, 4.69) is 15.3 Å². The van der Waals surface area contributed by atoms with Crippen LogP contribution in [0.15, 0.2) is 23.3 Å². The highest BCUT2D eigenvalue weighted by Gasteiger charge is 2.25. The molecular weight excluding hydrogens is 304 g/mol. The van der Waals surface area contributed by atoms with E-state index in [0.717, 1.165) is 31.7 Å². The lowest BCUT2D eigenvalue weighted by Gasteiger charge is -2.29. The molecule has 2 atom stereocenters. The fourth-order valence-corrected chi connectivity index (χ4v) is 2.78. The Hall–Kier alpha value is -2.71. The van der Waals surface area contributed by atoms with Crippen LogP contribution in [0.2, 0.25) is 0 Å². The lowest BCUT2D eigenvalue weighted by atomic mass is 9.91. The molecule has 0 aliphatic heterocycles. The van der Waals surface area contributed by atoms with Gasteiger partial charge in [-0.25, -0.2) is 0 Å². The molecule has 10 heteroatoms. The van der Waals surface area contributed by atoms with Crippen LogP contribution in [0, 0.1) is 20.2 Å². The van der Waals surface area contributed by atoms with E-state index in [0.29, 0.717) is 5.56 Å². The average Bonchev–Trinajstić information content (AvgIpc) is 2.54. The molecule has 0 saturated heterocycles. The Morgan fingerprint density at radius 3 is 2.65 bits per heavy atom. The van der Waals surface area contributed by atoms with Crippen molar-refractivity contribution in [3.63, 3.8) is 0 Å². The summed E-state index contributed by atoms with van der Waals surface area (Å²) in [7, 11) is 0. The maximum Gasteiger partial charge on any atom is 0.280 e. The molecule has 0 heterocycles. The van der Waals surface area contributed by atoms with Gasteiger partial charge in [0.05, 0.1) is 22.0 Å². The van der Waals surface area contributed by atoms with Gasteiger partial charge in [0.2, 0.25) is 0 Å². The molecule has 0 bridgehead atoms. The Morgan fingerprint density at radius 1 is 1.26 bits per heavy atom. The number of nitro benzene ring substituents is 2. The molecule has 1 aromatic carbocycles. The van der Waals surface area contributed by atoms with Gasteiger partial charge in [0, 0.05) is 29.1 Å². The lowest BCUT2D eigenvalue weighted by molar-refractivity contribution is -0.394. The molecule has 0 unspecified atom stereocenters. The van der Waals surface area contributed by atoms with Gasteiger partial charge >= 0.3 is 0 Å². The van der Waals surface area contributed by atoms with Crippen molar-refractivity contribution in [2.75, 3.05) is 0 Å². The van der Waals surface area contributed by atoms with E-state index in [-0.39, 0.29) is 30.0 Å². The van der Waals surface area contributed by atoms with Gasteiger partial charge in [0.1, 0.15) is 0 Å². The van der Waals surface area contributed by atoms with Crippen LogP contribution >= 0.6 is 0 Å². The quantitative estimate of drug-likeness (QED) is 0.281. The minimum absolute atomic E-state index is 0.0468. The summed E-state index contributed by atoms with van der Waals surface area (Å²) in [6.45, 7) is 0.191. The van der Waals surface area contributed by atoms with Gasteiger partial charge in [0.25, 0.3) is 11.4 Å². The molecule has 0 aromatic heterocycles. The van der Waals surface area contributed by atoms with Crippen molar-refractivity contribution in [2.24, 2.45) is 5.11 Å². The van der Waals surface area contributed by atoms with Crippen molar-refractivity contribution in [2.45, 2.75) is 44.3 Å². The molecule has 10 nitrogen and oxygen atoms in total. The van der Waals surface area contributed by atoms with Gasteiger partial charge < -0.3 is 5.32 Å². The third kappa shape index (κ3) is 4.15. The zero-order chi connectivity index (χ0) is 16.8. The van der Waals surface area contributed by atoms with Gasteiger partial charge in [-0.15, -0.1) is 0 Å². The van der Waals surface area contributed by atoms with Crippen LogP contribution in [0.5, 0.6) is 0 Å². The summed E-state index contributed by atoms with van der Waals surface area (Å²) in [6, 6.07) is 3.37. The summed E-state index contributed by atoms with van der Waals surface area (Å²) in [5.41, 5.74) is 8.36. The molecule has 1 N–H and O–H groups in total. The molecule has 1 fully saturated rings. The Labute approximate surface area is 131 Å². The van der Waals surface area contributed by atoms with Crippen molar-refractivity contribution in [3.05, 3.63) is 54.4 Å². The first-order chi connectivity index (χ1) is 11.0. The third-order valence-electron chi connectivity index (χ3n) is 3.96. The third-order valence-corrected chi connectivity index (χ3v) is 3.96. The lowest BCUT2D eigenvalue weighted by Crippen LogP contribution is -2.40. The Kier molecular flexibility index (Phi) is 5.45. The van der Waals surface area contributed by atoms with E-state index >= 15 is 0 Å². The van der Waals surface area contributed by atoms with Gasteiger partial charge in [-0.2, -0.15) is 0 Å². The van der Waals surface area contributed by atoms with E-state index in [1.54, 1.807) is 0 Å². The SMILES string of the molecule is [N-]=[N+]=N[C@@H]1CCCC[C@H]1NCc1ccc([N+](=O)[O-])cc1[N+](=O)[O-]. The topological polar surface area (TPSA) is 147 Å². The summed E-state index contributed by atoms with van der Waals surface area (Å²) in [6.07, 6.45) is 3.59. The number of nitrogens with one attached hydrogen (secondary N) is 1. The summed E-state index contributed by atoms with van der Waals surface area (Å²) in [5.74, 6) is 0. The summed E-state index contributed by atoms with van der Waals surface area (Å²) in [4.78, 5) is 23.4. The first-order valence-electron chi connectivity index (χ1n) is 7.22. The summed E-state index contributed by atoms with van der Waals surface area (Å²) >= 11 is 0. The first kappa shape index (κ1) is 16.7. The maximum atomic E-state index is 11.1. The molecule has 1 saturated carbocycles. The van der Waals surface area contributed by atoms with Gasteiger partial charge in [-0.05, 0) is 24.4 Å². The molecule has 2 rings (SSSR count). The van der Waals surface area contributed by atoms with Crippen molar-refractivity contribution in [3.8, 4) is 0 Å². The summed E-state index contributed by atoms with van der Waals surface area (Å²) in [5, 5.41) is 28.8. The van der Waals surface area contributed by atoms with Crippen LogP contribution < -0.4 is 5.32 Å². The van der Waals surface area contributed by atoms with Crippen molar-refractivity contribution in [1.29, 1.82) is 0 Å². The normalized spacial score (nSPS) is 20.5. The van der Waals surface area contributed by atoms with Crippen molar-refractivity contribution in [1.82, 2.24) is 5.32 Å². The molecule has 0 spiro atoms. The number of hydrogen-bond acceptors (Lipinski definition) is 6. The number of rotatable bonds is 6. The largest absolute Gasteiger partial charge is 0.309 e. The van der Waals surface area contributed by atoms with Crippen LogP contribution in [0.4, 0.5) is 11.4 Å². The van der Waals surface area contributed by atoms with Gasteiger partial charge in [0.15, 0.2) is 0 Å². The van der Waals surface area contributed by atoms with Gasteiger partial charge in [-0.1, -0.05) is 18.0 Å². The van der Waals surface area contributed by atoms with E-state index in [4.69, 9.17) is 5.53 Å². The van der Waals surface area contributed by atoms with Gasteiger partial charge in [-0.3, -0.25) is 20.2 Å². The van der Waals surface area contributed by atoms with Crippen LogP contribution in [0.3, 0.4) is 0 Å². The molecule has 1 aromatic rings.